The van der Waals surface area contributed by atoms with E-state index in [9.17, 15) is 5.11 Å². The van der Waals surface area contributed by atoms with Crippen molar-refractivity contribution in [2.24, 2.45) is 7.05 Å². The van der Waals surface area contributed by atoms with Crippen molar-refractivity contribution in [3.63, 3.8) is 0 Å². The summed E-state index contributed by atoms with van der Waals surface area (Å²) in [6.45, 7) is 1.25. The molecule has 0 amide bonds. The van der Waals surface area contributed by atoms with Crippen LogP contribution in [-0.2, 0) is 7.05 Å². The van der Waals surface area contributed by atoms with Crippen molar-refractivity contribution >= 4 is 28.3 Å². The van der Waals surface area contributed by atoms with Crippen LogP contribution < -0.4 is 14.8 Å². The van der Waals surface area contributed by atoms with Crippen molar-refractivity contribution in [3.05, 3.63) is 41.2 Å². The Morgan fingerprint density at radius 1 is 1.36 bits per heavy atom. The molecular weight excluding hydrogens is 344 g/mol. The summed E-state index contributed by atoms with van der Waals surface area (Å²) in [5, 5.41) is 19.3. The van der Waals surface area contributed by atoms with Crippen molar-refractivity contribution in [1.29, 1.82) is 0 Å². The van der Waals surface area contributed by atoms with Gasteiger partial charge in [-0.05, 0) is 23.8 Å². The van der Waals surface area contributed by atoms with E-state index < -0.39 is 6.10 Å². The molecule has 7 nitrogen and oxygen atoms in total. The lowest BCUT2D eigenvalue weighted by Crippen LogP contribution is -2.17. The molecule has 2 aromatic heterocycles. The number of nitrogens with one attached hydrogen (secondary N) is 1. The molecule has 0 bridgehead atoms. The van der Waals surface area contributed by atoms with Crippen LogP contribution in [0.2, 0.25) is 5.02 Å². The third-order valence-electron chi connectivity index (χ3n) is 4.13. The quantitative estimate of drug-likeness (QED) is 0.744. The molecule has 0 fully saturated rings. The predicted molar refractivity (Wildman–Crippen MR) is 94.4 cm³/mol. The van der Waals surface area contributed by atoms with Crippen molar-refractivity contribution in [1.82, 2.24) is 14.8 Å². The number of fused-ring (bicyclic) bond motifs is 2. The van der Waals surface area contributed by atoms with Gasteiger partial charge >= 0.3 is 0 Å². The molecule has 8 heteroatoms. The zero-order chi connectivity index (χ0) is 17.4. The van der Waals surface area contributed by atoms with E-state index >= 15 is 0 Å². The Morgan fingerprint density at radius 2 is 2.20 bits per heavy atom. The first-order chi connectivity index (χ1) is 12.1. The average molecular weight is 361 g/mol. The van der Waals surface area contributed by atoms with Gasteiger partial charge in [0.2, 0.25) is 0 Å². The lowest BCUT2D eigenvalue weighted by molar-refractivity contribution is 0.167. The van der Waals surface area contributed by atoms with E-state index in [1.807, 2.05) is 13.1 Å². The number of ether oxygens (including phenoxy) is 2. The zero-order valence-corrected chi connectivity index (χ0v) is 14.3. The smallest absolute Gasteiger partial charge is 0.179 e. The maximum atomic E-state index is 10.5. The molecule has 0 radical (unpaired) electrons. The third-order valence-corrected chi connectivity index (χ3v) is 4.41. The number of aryl methyl sites for hydroxylation is 1. The number of anilines is 1. The van der Waals surface area contributed by atoms with Crippen molar-refractivity contribution in [2.45, 2.75) is 6.10 Å². The number of nitrogens with zero attached hydrogens (tertiary/aromatic N) is 3. The summed E-state index contributed by atoms with van der Waals surface area (Å²) in [6, 6.07) is 5.32. The van der Waals surface area contributed by atoms with E-state index in [4.69, 9.17) is 21.1 Å². The van der Waals surface area contributed by atoms with Gasteiger partial charge in [-0.25, -0.2) is 4.98 Å². The Hall–Kier alpha value is -2.51. The molecule has 0 saturated carbocycles. The fourth-order valence-electron chi connectivity index (χ4n) is 2.85. The first kappa shape index (κ1) is 16.0. The fourth-order valence-corrected chi connectivity index (χ4v) is 3.12. The predicted octanol–water partition coefficient (Wildman–Crippen LogP) is 2.54. The number of rotatable bonds is 4. The van der Waals surface area contributed by atoms with Crippen LogP contribution in [0, 0.1) is 0 Å². The van der Waals surface area contributed by atoms with Crippen LogP contribution in [-0.4, -0.2) is 39.6 Å². The summed E-state index contributed by atoms with van der Waals surface area (Å²) in [5.74, 6) is 1.09. The number of halogens is 1. The molecule has 0 saturated heterocycles. The first-order valence-corrected chi connectivity index (χ1v) is 8.29. The molecule has 3 aromatic rings. The first-order valence-electron chi connectivity index (χ1n) is 7.91. The van der Waals surface area contributed by atoms with Crippen LogP contribution in [0.15, 0.2) is 30.6 Å². The summed E-state index contributed by atoms with van der Waals surface area (Å²) in [5.41, 5.74) is 2.31. The minimum absolute atomic E-state index is 0.310. The van der Waals surface area contributed by atoms with Gasteiger partial charge in [0.05, 0.1) is 22.7 Å². The number of aliphatic hydroxyl groups excluding tert-OH is 1. The molecule has 0 spiro atoms. The van der Waals surface area contributed by atoms with Crippen LogP contribution in [0.4, 0.5) is 5.69 Å². The second-order valence-corrected chi connectivity index (χ2v) is 6.19. The zero-order valence-electron chi connectivity index (χ0n) is 13.6. The SMILES string of the molecule is Cn1ncc2c(NC[C@H](O)c3cc(Cl)c4c(c3)OCCO4)ccnc21. The van der Waals surface area contributed by atoms with Gasteiger partial charge in [0.1, 0.15) is 13.2 Å². The summed E-state index contributed by atoms with van der Waals surface area (Å²) >= 11 is 6.23. The summed E-state index contributed by atoms with van der Waals surface area (Å²) in [7, 11) is 1.84. The van der Waals surface area contributed by atoms with Gasteiger partial charge in [0, 0.05) is 25.5 Å². The van der Waals surface area contributed by atoms with Crippen LogP contribution in [0.25, 0.3) is 11.0 Å². The number of aromatic nitrogens is 3. The third kappa shape index (κ3) is 2.96. The van der Waals surface area contributed by atoms with Gasteiger partial charge in [-0.2, -0.15) is 5.10 Å². The molecule has 1 aliphatic heterocycles. The molecule has 1 atom stereocenters. The standard InChI is InChI=1S/C17H17ClN4O3/c1-22-17-11(8-21-22)13(2-3-19-17)20-9-14(23)10-6-12(18)16-15(7-10)24-4-5-25-16/h2-3,6-8,14,23H,4-5,9H2,1H3,(H,19,20)/t14-/m0/s1. The topological polar surface area (TPSA) is 81.4 Å². The number of hydrogen-bond acceptors (Lipinski definition) is 6. The van der Waals surface area contributed by atoms with Crippen molar-refractivity contribution in [2.75, 3.05) is 25.1 Å². The maximum Gasteiger partial charge on any atom is 0.179 e. The van der Waals surface area contributed by atoms with Gasteiger partial charge in [-0.15, -0.1) is 0 Å². The van der Waals surface area contributed by atoms with E-state index in [0.29, 0.717) is 41.8 Å². The van der Waals surface area contributed by atoms with Gasteiger partial charge < -0.3 is 19.9 Å². The Kier molecular flexibility index (Phi) is 4.10. The molecule has 2 N–H and O–H groups in total. The molecule has 0 aliphatic carbocycles. The van der Waals surface area contributed by atoms with E-state index in [0.717, 1.165) is 16.7 Å². The van der Waals surface area contributed by atoms with E-state index in [-0.39, 0.29) is 0 Å². The van der Waals surface area contributed by atoms with Gasteiger partial charge in [-0.1, -0.05) is 11.6 Å². The highest BCUT2D eigenvalue weighted by atomic mass is 35.5. The summed E-state index contributed by atoms with van der Waals surface area (Å²) < 4.78 is 12.8. The van der Waals surface area contributed by atoms with Crippen molar-refractivity contribution < 1.29 is 14.6 Å². The molecule has 25 heavy (non-hydrogen) atoms. The largest absolute Gasteiger partial charge is 0.486 e. The second kappa shape index (κ2) is 6.42. The van der Waals surface area contributed by atoms with Crippen LogP contribution in [0.1, 0.15) is 11.7 Å². The Balaban J connectivity index is 1.54. The van der Waals surface area contributed by atoms with Crippen LogP contribution in [0.3, 0.4) is 0 Å². The fraction of sp³-hybridized carbons (Fsp3) is 0.294. The molecular formula is C17H17ClN4O3. The average Bonchev–Trinajstić information content (AvgIpc) is 3.01. The number of hydrogen-bond donors (Lipinski definition) is 2. The Morgan fingerprint density at radius 3 is 3.08 bits per heavy atom. The number of benzene rings is 1. The van der Waals surface area contributed by atoms with E-state index in [1.54, 1.807) is 29.2 Å². The Labute approximate surface area is 149 Å². The van der Waals surface area contributed by atoms with Gasteiger partial charge in [-0.3, -0.25) is 4.68 Å². The lowest BCUT2D eigenvalue weighted by Gasteiger charge is -2.22. The van der Waals surface area contributed by atoms with Gasteiger partial charge in [0.25, 0.3) is 0 Å². The van der Waals surface area contributed by atoms with Gasteiger partial charge in [0.15, 0.2) is 17.1 Å². The summed E-state index contributed by atoms with van der Waals surface area (Å²) in [6.07, 6.45) is 2.70. The van der Waals surface area contributed by atoms with Crippen molar-refractivity contribution in [3.8, 4) is 11.5 Å². The molecule has 130 valence electrons. The second-order valence-electron chi connectivity index (χ2n) is 5.79. The molecule has 4 rings (SSSR count). The normalized spacial score (nSPS) is 14.5. The molecule has 1 aromatic carbocycles. The highest BCUT2D eigenvalue weighted by molar-refractivity contribution is 6.32. The highest BCUT2D eigenvalue weighted by Gasteiger charge is 2.19. The highest BCUT2D eigenvalue weighted by Crippen LogP contribution is 2.39. The lowest BCUT2D eigenvalue weighted by atomic mass is 10.1. The molecule has 0 unspecified atom stereocenters. The van der Waals surface area contributed by atoms with Crippen LogP contribution >= 0.6 is 11.6 Å². The number of pyridine rings is 1. The molecule has 1 aliphatic rings. The van der Waals surface area contributed by atoms with Crippen LogP contribution in [0.5, 0.6) is 11.5 Å². The maximum absolute atomic E-state index is 10.5. The number of aliphatic hydroxyl groups is 1. The molecule has 3 heterocycles. The minimum Gasteiger partial charge on any atom is -0.486 e. The summed E-state index contributed by atoms with van der Waals surface area (Å²) in [4.78, 5) is 4.30. The monoisotopic (exact) mass is 360 g/mol. The minimum atomic E-state index is -0.756. The van der Waals surface area contributed by atoms with E-state index in [1.165, 1.54) is 0 Å². The van der Waals surface area contributed by atoms with E-state index in [2.05, 4.69) is 15.4 Å². The Bertz CT molecular complexity index is 928.